The minimum Gasteiger partial charge on any atom is -0.350 e. The summed E-state index contributed by atoms with van der Waals surface area (Å²) in [4.78, 5) is 27.8. The van der Waals surface area contributed by atoms with Gasteiger partial charge in [0.25, 0.3) is 0 Å². The summed E-state index contributed by atoms with van der Waals surface area (Å²) in [6, 6.07) is 13.1. The van der Waals surface area contributed by atoms with Gasteiger partial charge in [-0.15, -0.1) is 0 Å². The molecule has 0 fully saturated rings. The number of nitrogens with one attached hydrogen (secondary N) is 1. The normalized spacial score (nSPS) is 12.7. The first kappa shape index (κ1) is 26.7. The highest BCUT2D eigenvalue weighted by Gasteiger charge is 2.32. The standard InChI is InChI=1S/C24H32ClN3O4S/c1-17-11-7-10-14-21(17)28(33(6,31)32)16-22(29)27(15-19-12-8-9-13-20(19)25)18(2)23(30)26-24(3,4)5/h7-14,18H,15-16H2,1-6H3,(H,26,30)/t18-/m1/s1. The van der Waals surface area contributed by atoms with E-state index in [1.165, 1.54) is 4.90 Å². The number of benzene rings is 2. The van der Waals surface area contributed by atoms with Crippen LogP contribution < -0.4 is 9.62 Å². The van der Waals surface area contributed by atoms with Gasteiger partial charge in [-0.3, -0.25) is 13.9 Å². The number of rotatable bonds is 8. The van der Waals surface area contributed by atoms with E-state index in [2.05, 4.69) is 5.32 Å². The topological polar surface area (TPSA) is 86.8 Å². The number of hydrogen-bond donors (Lipinski definition) is 1. The maximum atomic E-state index is 13.5. The van der Waals surface area contributed by atoms with Gasteiger partial charge >= 0.3 is 0 Å². The number of sulfonamides is 1. The summed E-state index contributed by atoms with van der Waals surface area (Å²) in [5.74, 6) is -0.857. The lowest BCUT2D eigenvalue weighted by molar-refractivity contribution is -0.140. The molecule has 0 saturated heterocycles. The van der Waals surface area contributed by atoms with Gasteiger partial charge in [-0.1, -0.05) is 48.0 Å². The molecular formula is C24H32ClN3O4S. The molecule has 0 unspecified atom stereocenters. The van der Waals surface area contributed by atoms with Gasteiger partial charge in [0.05, 0.1) is 11.9 Å². The predicted octanol–water partition coefficient (Wildman–Crippen LogP) is 3.75. The fourth-order valence-electron chi connectivity index (χ4n) is 3.30. The zero-order valence-electron chi connectivity index (χ0n) is 19.9. The van der Waals surface area contributed by atoms with E-state index < -0.39 is 34.1 Å². The zero-order chi connectivity index (χ0) is 25.0. The van der Waals surface area contributed by atoms with Crippen LogP contribution in [0.25, 0.3) is 0 Å². The number of halogens is 1. The third-order valence-electron chi connectivity index (χ3n) is 5.03. The predicted molar refractivity (Wildman–Crippen MR) is 133 cm³/mol. The summed E-state index contributed by atoms with van der Waals surface area (Å²) < 4.78 is 26.3. The van der Waals surface area contributed by atoms with Crippen molar-refractivity contribution in [3.63, 3.8) is 0 Å². The van der Waals surface area contributed by atoms with Gasteiger partial charge in [0.15, 0.2) is 0 Å². The van der Waals surface area contributed by atoms with Crippen molar-refractivity contribution in [3.8, 4) is 0 Å². The van der Waals surface area contributed by atoms with Crippen LogP contribution in [0.15, 0.2) is 48.5 Å². The molecule has 0 radical (unpaired) electrons. The van der Waals surface area contributed by atoms with E-state index in [9.17, 15) is 18.0 Å². The summed E-state index contributed by atoms with van der Waals surface area (Å²) in [6.07, 6.45) is 1.06. The Labute approximate surface area is 201 Å². The largest absolute Gasteiger partial charge is 0.350 e. The Kier molecular flexibility index (Phi) is 8.54. The Morgan fingerprint density at radius 1 is 1.06 bits per heavy atom. The summed E-state index contributed by atoms with van der Waals surface area (Å²) in [7, 11) is -3.77. The minimum absolute atomic E-state index is 0.0581. The maximum absolute atomic E-state index is 13.5. The van der Waals surface area contributed by atoms with Crippen molar-refractivity contribution in [2.45, 2.75) is 52.7 Å². The van der Waals surface area contributed by atoms with Crippen LogP contribution in [0.2, 0.25) is 5.02 Å². The lowest BCUT2D eigenvalue weighted by Gasteiger charge is -2.33. The van der Waals surface area contributed by atoms with Crippen LogP contribution in [-0.2, 0) is 26.2 Å². The molecule has 0 bridgehead atoms. The molecule has 180 valence electrons. The van der Waals surface area contributed by atoms with Crippen molar-refractivity contribution < 1.29 is 18.0 Å². The highest BCUT2D eigenvalue weighted by molar-refractivity contribution is 7.92. The highest BCUT2D eigenvalue weighted by Crippen LogP contribution is 2.24. The number of nitrogens with zero attached hydrogens (tertiary/aromatic N) is 2. The lowest BCUT2D eigenvalue weighted by Crippen LogP contribution is -2.54. The van der Waals surface area contributed by atoms with E-state index in [4.69, 9.17) is 11.6 Å². The second-order valence-electron chi connectivity index (χ2n) is 9.08. The number of carbonyl (C=O) groups excluding carboxylic acids is 2. The Balaban J connectivity index is 2.43. The van der Waals surface area contributed by atoms with Gasteiger partial charge in [-0.25, -0.2) is 8.42 Å². The van der Waals surface area contributed by atoms with Crippen molar-refractivity contribution in [3.05, 3.63) is 64.7 Å². The van der Waals surface area contributed by atoms with E-state index >= 15 is 0 Å². The highest BCUT2D eigenvalue weighted by atomic mass is 35.5. The number of carbonyl (C=O) groups is 2. The molecule has 1 atom stereocenters. The van der Waals surface area contributed by atoms with Crippen molar-refractivity contribution in [2.24, 2.45) is 0 Å². The molecule has 7 nitrogen and oxygen atoms in total. The first-order valence-corrected chi connectivity index (χ1v) is 12.8. The fourth-order valence-corrected chi connectivity index (χ4v) is 4.41. The van der Waals surface area contributed by atoms with Gasteiger partial charge < -0.3 is 10.2 Å². The van der Waals surface area contributed by atoms with Crippen LogP contribution in [0, 0.1) is 6.92 Å². The quantitative estimate of drug-likeness (QED) is 0.606. The van der Waals surface area contributed by atoms with Crippen molar-refractivity contribution >= 4 is 39.1 Å². The monoisotopic (exact) mass is 493 g/mol. The Hall–Kier alpha value is -2.58. The molecule has 33 heavy (non-hydrogen) atoms. The minimum atomic E-state index is -3.77. The van der Waals surface area contributed by atoms with Crippen LogP contribution in [0.5, 0.6) is 0 Å². The molecule has 2 amide bonds. The smallest absolute Gasteiger partial charge is 0.244 e. The van der Waals surface area contributed by atoms with Gasteiger partial charge in [0, 0.05) is 17.1 Å². The second kappa shape index (κ2) is 10.6. The third-order valence-corrected chi connectivity index (χ3v) is 6.52. The van der Waals surface area contributed by atoms with Gasteiger partial charge in [-0.05, 0) is 57.9 Å². The Morgan fingerprint density at radius 3 is 2.18 bits per heavy atom. The average Bonchev–Trinajstić information content (AvgIpc) is 2.69. The van der Waals surface area contributed by atoms with Crippen LogP contribution in [-0.4, -0.2) is 49.5 Å². The molecule has 0 aliphatic rings. The summed E-state index contributed by atoms with van der Waals surface area (Å²) in [5.41, 5.74) is 1.29. The number of amides is 2. The van der Waals surface area contributed by atoms with E-state index in [1.807, 2.05) is 20.8 Å². The van der Waals surface area contributed by atoms with Crippen LogP contribution in [0.1, 0.15) is 38.8 Å². The summed E-state index contributed by atoms with van der Waals surface area (Å²) in [5, 5.41) is 3.34. The first-order chi connectivity index (χ1) is 15.2. The fraction of sp³-hybridized carbons (Fsp3) is 0.417. The Bertz CT molecular complexity index is 1110. The Morgan fingerprint density at radius 2 is 1.64 bits per heavy atom. The van der Waals surface area contributed by atoms with Crippen LogP contribution >= 0.6 is 11.6 Å². The first-order valence-electron chi connectivity index (χ1n) is 10.6. The van der Waals surface area contributed by atoms with E-state index in [0.717, 1.165) is 10.6 Å². The molecule has 1 N–H and O–H groups in total. The molecule has 0 heterocycles. The number of aryl methyl sites for hydroxylation is 1. The van der Waals surface area contributed by atoms with Crippen LogP contribution in [0.3, 0.4) is 0 Å². The average molecular weight is 494 g/mol. The molecule has 0 aliphatic carbocycles. The van der Waals surface area contributed by atoms with Gasteiger partial charge in [0.1, 0.15) is 12.6 Å². The van der Waals surface area contributed by atoms with Crippen LogP contribution in [0.4, 0.5) is 5.69 Å². The molecule has 0 aliphatic heterocycles. The van der Waals surface area contributed by atoms with E-state index in [0.29, 0.717) is 21.8 Å². The molecular weight excluding hydrogens is 462 g/mol. The van der Waals surface area contributed by atoms with Gasteiger partial charge in [-0.2, -0.15) is 0 Å². The van der Waals surface area contributed by atoms with Gasteiger partial charge in [0.2, 0.25) is 21.8 Å². The molecule has 2 aromatic rings. The van der Waals surface area contributed by atoms with Crippen molar-refractivity contribution in [1.82, 2.24) is 10.2 Å². The van der Waals surface area contributed by atoms with Crippen molar-refractivity contribution in [2.75, 3.05) is 17.1 Å². The number of para-hydroxylation sites is 1. The lowest BCUT2D eigenvalue weighted by atomic mass is 10.1. The molecule has 2 rings (SSSR count). The second-order valence-corrected chi connectivity index (χ2v) is 11.4. The molecule has 9 heteroatoms. The molecule has 0 spiro atoms. The number of anilines is 1. The molecule has 0 aromatic heterocycles. The van der Waals surface area contributed by atoms with Crippen molar-refractivity contribution in [1.29, 1.82) is 0 Å². The SMILES string of the molecule is Cc1ccccc1N(CC(=O)N(Cc1ccccc1Cl)[C@H](C)C(=O)NC(C)(C)C)S(C)(=O)=O. The maximum Gasteiger partial charge on any atom is 0.244 e. The molecule has 0 saturated carbocycles. The third kappa shape index (κ3) is 7.47. The molecule has 2 aromatic carbocycles. The summed E-state index contributed by atoms with van der Waals surface area (Å²) in [6.45, 7) is 8.56. The van der Waals surface area contributed by atoms with E-state index in [-0.39, 0.29) is 12.5 Å². The number of hydrogen-bond acceptors (Lipinski definition) is 4. The zero-order valence-corrected chi connectivity index (χ0v) is 21.5. The van der Waals surface area contributed by atoms with E-state index in [1.54, 1.807) is 62.4 Å². The summed E-state index contributed by atoms with van der Waals surface area (Å²) >= 11 is 6.31.